The monoisotopic (exact) mass is 594 g/mol. The van der Waals surface area contributed by atoms with Crippen LogP contribution in [0.3, 0.4) is 0 Å². The fraction of sp³-hybridized carbons (Fsp3) is 0.348. The van der Waals surface area contributed by atoms with Crippen LogP contribution < -0.4 is 11.1 Å². The van der Waals surface area contributed by atoms with E-state index >= 15 is 0 Å². The highest BCUT2D eigenvalue weighted by molar-refractivity contribution is 9.10. The van der Waals surface area contributed by atoms with E-state index in [1.807, 2.05) is 18.2 Å². The Kier molecular flexibility index (Phi) is 7.88. The molecule has 13 heteroatoms. The van der Waals surface area contributed by atoms with E-state index in [4.69, 9.17) is 17.3 Å². The van der Waals surface area contributed by atoms with Crippen LogP contribution >= 0.6 is 27.5 Å². The van der Waals surface area contributed by atoms with Crippen molar-refractivity contribution in [3.63, 3.8) is 0 Å². The fourth-order valence-electron chi connectivity index (χ4n) is 4.20. The van der Waals surface area contributed by atoms with Gasteiger partial charge in [-0.2, -0.15) is 14.5 Å². The summed E-state index contributed by atoms with van der Waals surface area (Å²) in [5.74, 6) is 0.958. The molecule has 192 valence electrons. The average Bonchev–Trinajstić information content (AvgIpc) is 3.33. The van der Waals surface area contributed by atoms with Gasteiger partial charge in [-0.3, -0.25) is 9.67 Å². The largest absolute Gasteiger partial charge is 0.383 e. The molecule has 4 heterocycles. The zero-order chi connectivity index (χ0) is 26.0. The Bertz CT molecular complexity index is 1400. The molecule has 1 aliphatic heterocycles. The molecule has 0 radical (unpaired) electrons. The summed E-state index contributed by atoms with van der Waals surface area (Å²) in [6.45, 7) is 7.12. The van der Waals surface area contributed by atoms with E-state index in [9.17, 15) is 8.42 Å². The predicted molar refractivity (Wildman–Crippen MR) is 143 cm³/mol. The molecule has 0 amide bonds. The van der Waals surface area contributed by atoms with Crippen LogP contribution in [0.4, 0.5) is 5.82 Å². The van der Waals surface area contributed by atoms with Crippen LogP contribution in [-0.2, 0) is 23.6 Å². The first kappa shape index (κ1) is 26.4. The molecule has 1 unspecified atom stereocenters. The summed E-state index contributed by atoms with van der Waals surface area (Å²) < 4.78 is 32.0. The lowest BCUT2D eigenvalue weighted by atomic mass is 9.92. The Morgan fingerprint density at radius 1 is 1.42 bits per heavy atom. The summed E-state index contributed by atoms with van der Waals surface area (Å²) in [6, 6.07) is 3.83. The number of pyridine rings is 1. The van der Waals surface area contributed by atoms with Crippen molar-refractivity contribution in [2.24, 2.45) is 13.0 Å². The summed E-state index contributed by atoms with van der Waals surface area (Å²) in [7, 11) is -2.18. The van der Waals surface area contributed by atoms with Crippen molar-refractivity contribution in [1.82, 2.24) is 34.2 Å². The molecular weight excluding hydrogens is 568 g/mol. The molecule has 4 rings (SSSR count). The lowest BCUT2D eigenvalue weighted by Gasteiger charge is -2.32. The highest BCUT2D eigenvalue weighted by atomic mass is 79.9. The maximum absolute atomic E-state index is 13.4. The van der Waals surface area contributed by atoms with Gasteiger partial charge in [0.25, 0.3) is 0 Å². The number of nitrogens with two attached hydrogens (primary N) is 1. The SMILES string of the molecule is C=C(/C=C(/NCc1cccnc1)n1ncc(Br)c1N)C1CCCN(S(=O)(=O)c2c(C)nn(C)c2Cl)C1. The van der Waals surface area contributed by atoms with E-state index in [0.29, 0.717) is 41.3 Å². The molecule has 1 fully saturated rings. The Morgan fingerprint density at radius 2 is 2.19 bits per heavy atom. The molecule has 3 aromatic heterocycles. The van der Waals surface area contributed by atoms with Gasteiger partial charge in [-0.05, 0) is 64.9 Å². The van der Waals surface area contributed by atoms with Gasteiger partial charge in [-0.1, -0.05) is 24.2 Å². The molecular formula is C23H28BrClN8O2S. The van der Waals surface area contributed by atoms with Crippen LogP contribution in [0.25, 0.3) is 5.82 Å². The Balaban J connectivity index is 1.58. The van der Waals surface area contributed by atoms with E-state index in [0.717, 1.165) is 17.6 Å². The minimum atomic E-state index is -3.81. The Labute approximate surface area is 224 Å². The van der Waals surface area contributed by atoms with E-state index < -0.39 is 10.0 Å². The molecule has 1 saturated heterocycles. The van der Waals surface area contributed by atoms with E-state index in [2.05, 4.69) is 43.0 Å². The highest BCUT2D eigenvalue weighted by Crippen LogP contribution is 2.33. The molecule has 1 aliphatic rings. The van der Waals surface area contributed by atoms with Gasteiger partial charge < -0.3 is 11.1 Å². The van der Waals surface area contributed by atoms with Crippen LogP contribution in [0.1, 0.15) is 24.1 Å². The first-order chi connectivity index (χ1) is 17.1. The number of allylic oxidation sites excluding steroid dienone is 1. The van der Waals surface area contributed by atoms with Crippen molar-refractivity contribution in [2.75, 3.05) is 18.8 Å². The average molecular weight is 596 g/mol. The molecule has 0 aromatic carbocycles. The second-order valence-electron chi connectivity index (χ2n) is 8.64. The maximum atomic E-state index is 13.4. The number of hydrogen-bond acceptors (Lipinski definition) is 7. The van der Waals surface area contributed by atoms with Gasteiger partial charge in [0.15, 0.2) is 0 Å². The van der Waals surface area contributed by atoms with Gasteiger partial charge >= 0.3 is 0 Å². The van der Waals surface area contributed by atoms with Gasteiger partial charge in [0, 0.05) is 39.1 Å². The van der Waals surface area contributed by atoms with Gasteiger partial charge in [-0.15, -0.1) is 0 Å². The van der Waals surface area contributed by atoms with Crippen LogP contribution in [0.2, 0.25) is 5.15 Å². The molecule has 0 spiro atoms. The second-order valence-corrected chi connectivity index (χ2v) is 11.7. The quantitative estimate of drug-likeness (QED) is 0.382. The third kappa shape index (κ3) is 5.36. The third-order valence-corrected chi connectivity index (χ3v) is 9.29. The Morgan fingerprint density at radius 3 is 2.81 bits per heavy atom. The summed E-state index contributed by atoms with van der Waals surface area (Å²) in [4.78, 5) is 4.21. The summed E-state index contributed by atoms with van der Waals surface area (Å²) >= 11 is 9.69. The summed E-state index contributed by atoms with van der Waals surface area (Å²) in [6.07, 6.45) is 8.48. The number of aryl methyl sites for hydroxylation is 2. The lowest BCUT2D eigenvalue weighted by Crippen LogP contribution is -2.40. The van der Waals surface area contributed by atoms with Crippen LogP contribution in [-0.4, -0.2) is 50.4 Å². The molecule has 3 aromatic rings. The number of aromatic nitrogens is 5. The number of nitrogens with zero attached hydrogens (tertiary/aromatic N) is 6. The first-order valence-corrected chi connectivity index (χ1v) is 13.9. The normalized spacial score (nSPS) is 17.3. The van der Waals surface area contributed by atoms with Gasteiger partial charge in [-0.25, -0.2) is 13.1 Å². The van der Waals surface area contributed by atoms with Crippen molar-refractivity contribution in [1.29, 1.82) is 0 Å². The minimum absolute atomic E-state index is 0.0569. The summed E-state index contributed by atoms with van der Waals surface area (Å²) in [5, 5.41) is 12.0. The standard InChI is InChI=1S/C23H28BrClN8O2S/c1-15(10-20(33-23(26)19(24)13-29-33)28-12-17-6-4-8-27-11-17)18-7-5-9-32(14-18)36(34,35)21-16(2)30-31(3)22(21)25/h4,6,8,10-11,13,18,28H,1,5,7,9,12,14,26H2,2-3H3/b20-10-. The maximum Gasteiger partial charge on any atom is 0.248 e. The highest BCUT2D eigenvalue weighted by Gasteiger charge is 2.35. The number of nitrogens with one attached hydrogen (secondary N) is 1. The topological polar surface area (TPSA) is 124 Å². The van der Waals surface area contributed by atoms with Crippen LogP contribution in [0.5, 0.6) is 0 Å². The van der Waals surface area contributed by atoms with Crippen LogP contribution in [0, 0.1) is 12.8 Å². The van der Waals surface area contributed by atoms with Crippen molar-refractivity contribution in [2.45, 2.75) is 31.2 Å². The molecule has 3 N–H and O–H groups in total. The molecule has 0 aliphatic carbocycles. The van der Waals surface area contributed by atoms with Gasteiger partial charge in [0.05, 0.1) is 16.4 Å². The van der Waals surface area contributed by atoms with E-state index in [1.54, 1.807) is 37.2 Å². The molecule has 0 saturated carbocycles. The smallest absolute Gasteiger partial charge is 0.248 e. The zero-order valence-corrected chi connectivity index (χ0v) is 23.2. The molecule has 10 nitrogen and oxygen atoms in total. The lowest BCUT2D eigenvalue weighted by molar-refractivity contribution is 0.295. The predicted octanol–water partition coefficient (Wildman–Crippen LogP) is 3.56. The van der Waals surface area contributed by atoms with Crippen molar-refractivity contribution in [3.8, 4) is 0 Å². The second kappa shape index (κ2) is 10.8. The fourth-order valence-corrected chi connectivity index (χ4v) is 6.69. The van der Waals surface area contributed by atoms with E-state index in [-0.39, 0.29) is 22.5 Å². The number of piperidine rings is 1. The molecule has 36 heavy (non-hydrogen) atoms. The number of sulfonamides is 1. The first-order valence-electron chi connectivity index (χ1n) is 11.3. The van der Waals surface area contributed by atoms with Gasteiger partial charge in [0.1, 0.15) is 21.7 Å². The van der Waals surface area contributed by atoms with Crippen molar-refractivity contribution >= 4 is 49.2 Å². The number of nitrogen functional groups attached to an aromatic ring is 1. The van der Waals surface area contributed by atoms with E-state index in [1.165, 1.54) is 8.99 Å². The zero-order valence-electron chi connectivity index (χ0n) is 20.0. The number of halogens is 2. The van der Waals surface area contributed by atoms with Gasteiger partial charge in [0.2, 0.25) is 10.0 Å². The minimum Gasteiger partial charge on any atom is -0.383 e. The Hall–Kier alpha value is -2.67. The third-order valence-electron chi connectivity index (χ3n) is 6.11. The number of hydrogen-bond donors (Lipinski definition) is 2. The molecule has 1 atom stereocenters. The summed E-state index contributed by atoms with van der Waals surface area (Å²) in [5.41, 5.74) is 8.35. The number of anilines is 1. The van der Waals surface area contributed by atoms with Crippen molar-refractivity contribution < 1.29 is 8.42 Å². The van der Waals surface area contributed by atoms with Crippen LogP contribution in [0.15, 0.2) is 58.3 Å². The molecule has 0 bridgehead atoms. The van der Waals surface area contributed by atoms with Crippen molar-refractivity contribution in [3.05, 3.63) is 69.8 Å². The number of rotatable bonds is 8.